The van der Waals surface area contributed by atoms with E-state index in [1.165, 1.54) is 19.4 Å². The number of aliphatic hydroxyl groups is 1. The summed E-state index contributed by atoms with van der Waals surface area (Å²) < 4.78 is 0. The summed E-state index contributed by atoms with van der Waals surface area (Å²) in [6.07, 6.45) is 0.115. The van der Waals surface area contributed by atoms with E-state index in [-0.39, 0.29) is 32.1 Å². The maximum atomic E-state index is 12.9. The molecule has 5 unspecified atom stereocenters. The molecule has 36 heavy (non-hydrogen) atoms. The van der Waals surface area contributed by atoms with Gasteiger partial charge in [-0.15, -0.1) is 0 Å². The largest absolute Gasteiger partial charge is 0.480 e. The Labute approximate surface area is 205 Å². The van der Waals surface area contributed by atoms with E-state index in [9.17, 15) is 39.0 Å². The third-order valence-electron chi connectivity index (χ3n) is 5.04. The number of nitrogens with zero attached hydrogens (tertiary/aromatic N) is 1. The lowest BCUT2D eigenvalue weighted by Crippen LogP contribution is -2.58. The number of aromatic amines is 1. The minimum absolute atomic E-state index is 0.147. The second-order valence-corrected chi connectivity index (χ2v) is 8.08. The number of nitrogens with two attached hydrogens (primary N) is 3. The van der Waals surface area contributed by atoms with Crippen molar-refractivity contribution in [3.8, 4) is 0 Å². The summed E-state index contributed by atoms with van der Waals surface area (Å²) in [5.74, 6) is -5.69. The third kappa shape index (κ3) is 10.5. The Morgan fingerprint density at radius 3 is 1.78 bits per heavy atom. The summed E-state index contributed by atoms with van der Waals surface area (Å²) in [7, 11) is 0. The standard InChI is InChI=1S/C20H32N8O8/c1-9(29)16(23)19(34)27-12(3-5-15(22)31)17(32)26-11(2-4-14(21)30)18(33)28-13(20(35)36)6-10-7-24-8-25-10/h7-9,11-13,16,29H,2-6,23H2,1H3,(H2,21,30)(H2,22,31)(H,24,25)(H,26,32)(H,27,34)(H,28,33)(H,35,36). The van der Waals surface area contributed by atoms with Gasteiger partial charge in [-0.3, -0.25) is 24.0 Å². The van der Waals surface area contributed by atoms with Crippen LogP contribution in [0.1, 0.15) is 38.3 Å². The van der Waals surface area contributed by atoms with E-state index in [1.807, 2.05) is 0 Å². The third-order valence-corrected chi connectivity index (χ3v) is 5.04. The first-order valence-corrected chi connectivity index (χ1v) is 10.9. The monoisotopic (exact) mass is 512 g/mol. The number of aromatic nitrogens is 2. The fraction of sp³-hybridized carbons (Fsp3) is 0.550. The number of imidazole rings is 1. The highest BCUT2D eigenvalue weighted by Gasteiger charge is 2.31. The Morgan fingerprint density at radius 2 is 1.39 bits per heavy atom. The molecular formula is C20H32N8O8. The van der Waals surface area contributed by atoms with Crippen molar-refractivity contribution in [2.45, 2.75) is 69.3 Å². The second kappa shape index (κ2) is 14.4. The van der Waals surface area contributed by atoms with E-state index >= 15 is 0 Å². The van der Waals surface area contributed by atoms with Crippen LogP contribution >= 0.6 is 0 Å². The molecule has 0 aliphatic carbocycles. The quantitative estimate of drug-likeness (QED) is 0.103. The number of rotatable bonds is 16. The molecule has 1 heterocycles. The molecule has 5 atom stereocenters. The van der Waals surface area contributed by atoms with Crippen molar-refractivity contribution in [3.05, 3.63) is 18.2 Å². The Morgan fingerprint density at radius 1 is 0.917 bits per heavy atom. The number of primary amides is 2. The molecule has 0 saturated heterocycles. The molecule has 1 aromatic heterocycles. The van der Waals surface area contributed by atoms with Crippen LogP contribution in [-0.2, 0) is 35.2 Å². The molecule has 0 saturated carbocycles. The first-order chi connectivity index (χ1) is 16.8. The normalized spacial score (nSPS) is 15.0. The highest BCUT2D eigenvalue weighted by Crippen LogP contribution is 2.06. The van der Waals surface area contributed by atoms with Crippen molar-refractivity contribution in [2.24, 2.45) is 17.2 Å². The molecule has 0 bridgehead atoms. The van der Waals surface area contributed by atoms with E-state index in [0.717, 1.165) is 0 Å². The molecule has 12 N–H and O–H groups in total. The molecule has 0 radical (unpaired) electrons. The predicted molar refractivity (Wildman–Crippen MR) is 122 cm³/mol. The second-order valence-electron chi connectivity index (χ2n) is 8.08. The van der Waals surface area contributed by atoms with Crippen LogP contribution in [0.5, 0.6) is 0 Å². The first kappa shape index (κ1) is 30.0. The van der Waals surface area contributed by atoms with Gasteiger partial charge in [0.25, 0.3) is 0 Å². The highest BCUT2D eigenvalue weighted by atomic mass is 16.4. The summed E-state index contributed by atoms with van der Waals surface area (Å²) >= 11 is 0. The van der Waals surface area contributed by atoms with Crippen molar-refractivity contribution in [1.29, 1.82) is 0 Å². The smallest absolute Gasteiger partial charge is 0.326 e. The minimum atomic E-state index is -1.42. The minimum Gasteiger partial charge on any atom is -0.480 e. The molecule has 5 amide bonds. The van der Waals surface area contributed by atoms with Crippen LogP contribution in [-0.4, -0.2) is 86.0 Å². The predicted octanol–water partition coefficient (Wildman–Crippen LogP) is -4.27. The van der Waals surface area contributed by atoms with Crippen molar-refractivity contribution >= 4 is 35.5 Å². The van der Waals surface area contributed by atoms with Gasteiger partial charge in [-0.1, -0.05) is 0 Å². The van der Waals surface area contributed by atoms with Gasteiger partial charge >= 0.3 is 5.97 Å². The number of amides is 5. The van der Waals surface area contributed by atoms with Gasteiger partial charge < -0.3 is 48.3 Å². The molecule has 16 nitrogen and oxygen atoms in total. The van der Waals surface area contributed by atoms with Crippen molar-refractivity contribution in [1.82, 2.24) is 25.9 Å². The van der Waals surface area contributed by atoms with Gasteiger partial charge in [0.1, 0.15) is 24.2 Å². The van der Waals surface area contributed by atoms with Crippen LogP contribution < -0.4 is 33.2 Å². The van der Waals surface area contributed by atoms with E-state index in [1.54, 1.807) is 0 Å². The number of hydrogen-bond acceptors (Lipinski definition) is 9. The van der Waals surface area contributed by atoms with Gasteiger partial charge in [0.2, 0.25) is 29.5 Å². The number of aliphatic hydroxyl groups excluding tert-OH is 1. The van der Waals surface area contributed by atoms with Crippen LogP contribution in [0, 0.1) is 0 Å². The lowest BCUT2D eigenvalue weighted by atomic mass is 10.0. The van der Waals surface area contributed by atoms with Crippen molar-refractivity contribution in [3.63, 3.8) is 0 Å². The number of carboxylic acids is 1. The molecule has 200 valence electrons. The SMILES string of the molecule is CC(O)C(N)C(=O)NC(CCC(N)=O)C(=O)NC(CCC(N)=O)C(=O)NC(Cc1cnc[nH]1)C(=O)O. The van der Waals surface area contributed by atoms with E-state index in [4.69, 9.17) is 17.2 Å². The molecule has 0 aromatic carbocycles. The van der Waals surface area contributed by atoms with E-state index < -0.39 is 65.8 Å². The lowest BCUT2D eigenvalue weighted by molar-refractivity contribution is -0.142. The van der Waals surface area contributed by atoms with Gasteiger partial charge in [0.15, 0.2) is 0 Å². The molecule has 0 aliphatic rings. The maximum absolute atomic E-state index is 12.9. The Bertz CT molecular complexity index is 936. The van der Waals surface area contributed by atoms with Gasteiger partial charge in [0.05, 0.1) is 12.4 Å². The number of hydrogen-bond donors (Lipinski definition) is 9. The Kier molecular flexibility index (Phi) is 12.0. The average Bonchev–Trinajstić information content (AvgIpc) is 3.30. The molecule has 0 spiro atoms. The fourth-order valence-electron chi connectivity index (χ4n) is 2.96. The molecule has 16 heteroatoms. The van der Waals surface area contributed by atoms with Crippen LogP contribution in [0.15, 0.2) is 12.5 Å². The Balaban J connectivity index is 3.04. The number of aliphatic carboxylic acids is 1. The van der Waals surface area contributed by atoms with E-state index in [2.05, 4.69) is 25.9 Å². The van der Waals surface area contributed by atoms with Gasteiger partial charge in [0, 0.05) is 31.2 Å². The maximum Gasteiger partial charge on any atom is 0.326 e. The van der Waals surface area contributed by atoms with Crippen LogP contribution in [0.2, 0.25) is 0 Å². The van der Waals surface area contributed by atoms with Gasteiger partial charge in [-0.05, 0) is 19.8 Å². The Hall–Kier alpha value is -4.05. The zero-order chi connectivity index (χ0) is 27.4. The fourth-order valence-corrected chi connectivity index (χ4v) is 2.96. The number of carboxylic acid groups (broad SMARTS) is 1. The van der Waals surface area contributed by atoms with E-state index in [0.29, 0.717) is 5.69 Å². The lowest BCUT2D eigenvalue weighted by Gasteiger charge is -2.25. The summed E-state index contributed by atoms with van der Waals surface area (Å²) in [5.41, 5.74) is 16.3. The number of carbonyl (C=O) groups excluding carboxylic acids is 5. The molecule has 0 fully saturated rings. The topological polar surface area (TPSA) is 286 Å². The van der Waals surface area contributed by atoms with Crippen LogP contribution in [0.25, 0.3) is 0 Å². The summed E-state index contributed by atoms with van der Waals surface area (Å²) in [4.78, 5) is 78.6. The molecule has 1 aromatic rings. The van der Waals surface area contributed by atoms with Crippen molar-refractivity contribution in [2.75, 3.05) is 0 Å². The number of H-pyrrole nitrogens is 1. The first-order valence-electron chi connectivity index (χ1n) is 10.9. The summed E-state index contributed by atoms with van der Waals surface area (Å²) in [6.45, 7) is 1.26. The molecular weight excluding hydrogens is 480 g/mol. The number of nitrogens with one attached hydrogen (secondary N) is 4. The van der Waals surface area contributed by atoms with Crippen LogP contribution in [0.4, 0.5) is 0 Å². The molecule has 1 rings (SSSR count). The molecule has 0 aliphatic heterocycles. The summed E-state index contributed by atoms with van der Waals surface area (Å²) in [5, 5.41) is 25.9. The summed E-state index contributed by atoms with van der Waals surface area (Å²) in [6, 6.07) is -5.60. The van der Waals surface area contributed by atoms with Crippen molar-refractivity contribution < 1.29 is 39.0 Å². The van der Waals surface area contributed by atoms with Crippen LogP contribution in [0.3, 0.4) is 0 Å². The average molecular weight is 513 g/mol. The zero-order valence-corrected chi connectivity index (χ0v) is 19.6. The van der Waals surface area contributed by atoms with Gasteiger partial charge in [-0.2, -0.15) is 0 Å². The van der Waals surface area contributed by atoms with Gasteiger partial charge in [-0.25, -0.2) is 9.78 Å². The zero-order valence-electron chi connectivity index (χ0n) is 19.6. The number of carbonyl (C=O) groups is 6. The highest BCUT2D eigenvalue weighted by molar-refractivity contribution is 5.94.